The van der Waals surface area contributed by atoms with E-state index in [1.807, 2.05) is 68.6 Å². The van der Waals surface area contributed by atoms with Crippen molar-refractivity contribution in [3.63, 3.8) is 0 Å². The second-order valence-corrected chi connectivity index (χ2v) is 8.12. The van der Waals surface area contributed by atoms with Gasteiger partial charge in [0.25, 0.3) is 0 Å². The van der Waals surface area contributed by atoms with Crippen LogP contribution in [0.3, 0.4) is 0 Å². The van der Waals surface area contributed by atoms with E-state index in [9.17, 15) is 9.59 Å². The summed E-state index contributed by atoms with van der Waals surface area (Å²) in [6, 6.07) is 13.9. The Hall–Kier alpha value is -2.99. The van der Waals surface area contributed by atoms with Crippen LogP contribution in [0.5, 0.6) is 0 Å². The molecule has 2 amide bonds. The number of carbonyl (C=O) groups excluding carboxylic acids is 2. The fourth-order valence-corrected chi connectivity index (χ4v) is 4.08. The third-order valence-electron chi connectivity index (χ3n) is 4.65. The fraction of sp³-hybridized carbons (Fsp3) is 0.261. The van der Waals surface area contributed by atoms with Gasteiger partial charge in [-0.1, -0.05) is 48.0 Å². The molecule has 0 bridgehead atoms. The minimum Gasteiger partial charge on any atom is -0.336 e. The maximum Gasteiger partial charge on any atom is 0.243 e. The molecule has 6 heteroatoms. The molecule has 150 valence electrons. The van der Waals surface area contributed by atoms with Crippen LogP contribution in [0.4, 0.5) is 5.69 Å². The monoisotopic (exact) mass is 407 g/mol. The summed E-state index contributed by atoms with van der Waals surface area (Å²) in [6.07, 6.45) is 0.176. The quantitative estimate of drug-likeness (QED) is 0.660. The Balaban J connectivity index is 1.58. The molecule has 0 saturated carbocycles. The number of nitrogens with zero attached hydrogens (tertiary/aromatic N) is 2. The van der Waals surface area contributed by atoms with Crippen molar-refractivity contribution >= 4 is 28.8 Å². The number of hydrogen-bond acceptors (Lipinski definition) is 4. The first kappa shape index (κ1) is 20.7. The van der Waals surface area contributed by atoms with Gasteiger partial charge >= 0.3 is 0 Å². The topological polar surface area (TPSA) is 62.3 Å². The van der Waals surface area contributed by atoms with Crippen LogP contribution in [0, 0.1) is 20.8 Å². The second kappa shape index (κ2) is 9.01. The molecule has 0 spiro atoms. The molecule has 0 fully saturated rings. The summed E-state index contributed by atoms with van der Waals surface area (Å²) in [6.45, 7) is 5.97. The summed E-state index contributed by atoms with van der Waals surface area (Å²) in [7, 11) is 1.64. The average Bonchev–Trinajstić information content (AvgIpc) is 3.14. The Bertz CT molecular complexity index is 1000. The molecule has 29 heavy (non-hydrogen) atoms. The van der Waals surface area contributed by atoms with Gasteiger partial charge in [-0.05, 0) is 31.9 Å². The normalized spacial score (nSPS) is 10.6. The van der Waals surface area contributed by atoms with Crippen molar-refractivity contribution in [3.8, 4) is 10.6 Å². The van der Waals surface area contributed by atoms with E-state index in [1.54, 1.807) is 7.05 Å². The van der Waals surface area contributed by atoms with E-state index in [1.165, 1.54) is 16.2 Å². The zero-order chi connectivity index (χ0) is 21.0. The molecule has 0 radical (unpaired) electrons. The molecule has 3 rings (SSSR count). The molecule has 1 N–H and O–H groups in total. The van der Waals surface area contributed by atoms with Gasteiger partial charge in [-0.3, -0.25) is 9.59 Å². The lowest BCUT2D eigenvalue weighted by Crippen LogP contribution is -2.36. The number of likely N-dealkylation sites (N-methyl/N-ethyl adjacent to an activating group) is 1. The molecule has 0 aliphatic heterocycles. The molecule has 3 aromatic rings. The van der Waals surface area contributed by atoms with Crippen molar-refractivity contribution in [1.82, 2.24) is 9.88 Å². The lowest BCUT2D eigenvalue weighted by atomic mass is 10.1. The van der Waals surface area contributed by atoms with Crippen molar-refractivity contribution in [2.24, 2.45) is 0 Å². The van der Waals surface area contributed by atoms with E-state index >= 15 is 0 Å². The minimum atomic E-state index is -0.209. The molecule has 2 aromatic carbocycles. The second-order valence-electron chi connectivity index (χ2n) is 7.26. The van der Waals surface area contributed by atoms with Gasteiger partial charge in [-0.2, -0.15) is 0 Å². The molecule has 0 saturated heterocycles. The number of aromatic nitrogens is 1. The Morgan fingerprint density at radius 2 is 1.72 bits per heavy atom. The molecular formula is C23H25N3O2S. The van der Waals surface area contributed by atoms with Crippen LogP contribution in [0.1, 0.15) is 22.4 Å². The lowest BCUT2D eigenvalue weighted by molar-refractivity contribution is -0.132. The third kappa shape index (κ3) is 5.29. The van der Waals surface area contributed by atoms with E-state index < -0.39 is 0 Å². The van der Waals surface area contributed by atoms with Gasteiger partial charge in [0.2, 0.25) is 11.8 Å². The molecule has 0 unspecified atom stereocenters. The highest BCUT2D eigenvalue weighted by atomic mass is 32.1. The van der Waals surface area contributed by atoms with Crippen LogP contribution in [0.15, 0.2) is 47.8 Å². The van der Waals surface area contributed by atoms with E-state index in [0.29, 0.717) is 0 Å². The number of aryl methyl sites for hydroxylation is 3. The Morgan fingerprint density at radius 1 is 1.07 bits per heavy atom. The van der Waals surface area contributed by atoms with Crippen LogP contribution < -0.4 is 5.32 Å². The molecule has 0 aliphatic rings. The van der Waals surface area contributed by atoms with Gasteiger partial charge in [-0.15, -0.1) is 11.3 Å². The molecule has 1 heterocycles. The number of amides is 2. The number of anilines is 1. The summed E-state index contributed by atoms with van der Waals surface area (Å²) in [5.41, 5.74) is 5.75. The lowest BCUT2D eigenvalue weighted by Gasteiger charge is -2.18. The zero-order valence-corrected chi connectivity index (χ0v) is 18.0. The number of nitrogens with one attached hydrogen (secondary N) is 1. The summed E-state index contributed by atoms with van der Waals surface area (Å²) in [5.74, 6) is -0.346. The SMILES string of the molecule is Cc1cc(C)c(NC(=O)CN(C)C(=O)Cc2csc(-c3ccccc3)n2)c(C)c1. The van der Waals surface area contributed by atoms with Crippen LogP contribution in [0.25, 0.3) is 10.6 Å². The number of benzene rings is 2. The van der Waals surface area contributed by atoms with Gasteiger partial charge in [0, 0.05) is 23.7 Å². The van der Waals surface area contributed by atoms with E-state index in [0.717, 1.165) is 38.6 Å². The van der Waals surface area contributed by atoms with Crippen LogP contribution in [0.2, 0.25) is 0 Å². The van der Waals surface area contributed by atoms with Gasteiger partial charge in [0.1, 0.15) is 5.01 Å². The van der Waals surface area contributed by atoms with Crippen LogP contribution in [-0.4, -0.2) is 35.3 Å². The molecular weight excluding hydrogens is 382 g/mol. The van der Waals surface area contributed by atoms with Crippen molar-refractivity contribution < 1.29 is 9.59 Å². The predicted octanol–water partition coefficient (Wildman–Crippen LogP) is 4.37. The minimum absolute atomic E-state index is 0.00126. The van der Waals surface area contributed by atoms with E-state index in [-0.39, 0.29) is 24.8 Å². The summed E-state index contributed by atoms with van der Waals surface area (Å²) in [4.78, 5) is 31.0. The fourth-order valence-electron chi connectivity index (χ4n) is 3.25. The molecule has 0 aliphatic carbocycles. The van der Waals surface area contributed by atoms with Crippen molar-refractivity contribution in [1.29, 1.82) is 0 Å². The molecule has 0 atom stereocenters. The van der Waals surface area contributed by atoms with E-state index in [2.05, 4.69) is 10.3 Å². The predicted molar refractivity (Wildman–Crippen MR) is 118 cm³/mol. The Kier molecular flexibility index (Phi) is 6.44. The van der Waals surface area contributed by atoms with Gasteiger partial charge in [0.05, 0.1) is 18.7 Å². The summed E-state index contributed by atoms with van der Waals surface area (Å²) in [5, 5.41) is 5.72. The van der Waals surface area contributed by atoms with Crippen molar-refractivity contribution in [2.75, 3.05) is 18.9 Å². The zero-order valence-electron chi connectivity index (χ0n) is 17.2. The molecule has 1 aromatic heterocycles. The van der Waals surface area contributed by atoms with Gasteiger partial charge in [0.15, 0.2) is 0 Å². The van der Waals surface area contributed by atoms with Gasteiger partial charge < -0.3 is 10.2 Å². The van der Waals surface area contributed by atoms with E-state index in [4.69, 9.17) is 0 Å². The molecule has 5 nitrogen and oxygen atoms in total. The average molecular weight is 408 g/mol. The Morgan fingerprint density at radius 3 is 2.38 bits per heavy atom. The summed E-state index contributed by atoms with van der Waals surface area (Å²) >= 11 is 1.52. The first-order valence-corrected chi connectivity index (χ1v) is 10.3. The Labute approximate surface area is 175 Å². The first-order valence-electron chi connectivity index (χ1n) is 9.45. The smallest absolute Gasteiger partial charge is 0.243 e. The standard InChI is InChI=1S/C23H25N3O2S/c1-15-10-16(2)22(17(3)11-15)25-20(27)13-26(4)21(28)12-19-14-29-23(24-19)18-8-6-5-7-9-18/h5-11,14H,12-13H2,1-4H3,(H,25,27). The van der Waals surface area contributed by atoms with Gasteiger partial charge in [-0.25, -0.2) is 4.98 Å². The van der Waals surface area contributed by atoms with Crippen LogP contribution in [-0.2, 0) is 16.0 Å². The maximum absolute atomic E-state index is 12.5. The third-order valence-corrected chi connectivity index (χ3v) is 5.59. The highest BCUT2D eigenvalue weighted by Crippen LogP contribution is 2.24. The van der Waals surface area contributed by atoms with Crippen molar-refractivity contribution in [3.05, 3.63) is 70.2 Å². The van der Waals surface area contributed by atoms with Crippen molar-refractivity contribution in [2.45, 2.75) is 27.2 Å². The maximum atomic E-state index is 12.5. The largest absolute Gasteiger partial charge is 0.336 e. The highest BCUT2D eigenvalue weighted by molar-refractivity contribution is 7.13. The first-order chi connectivity index (χ1) is 13.8. The number of carbonyl (C=O) groups is 2. The van der Waals surface area contributed by atoms with Crippen LogP contribution >= 0.6 is 11.3 Å². The number of rotatable bonds is 6. The number of hydrogen-bond donors (Lipinski definition) is 1. The highest BCUT2D eigenvalue weighted by Gasteiger charge is 2.16. The summed E-state index contributed by atoms with van der Waals surface area (Å²) < 4.78 is 0. The number of thiazole rings is 1.